The monoisotopic (exact) mass is 400 g/mol. The molecular formula is C26H28N2O2. The molecule has 4 nitrogen and oxygen atoms in total. The van der Waals surface area contributed by atoms with Gasteiger partial charge in [-0.2, -0.15) is 0 Å². The van der Waals surface area contributed by atoms with E-state index in [0.717, 1.165) is 22.4 Å². The fourth-order valence-electron chi connectivity index (χ4n) is 3.49. The highest BCUT2D eigenvalue weighted by atomic mass is 16.2. The maximum absolute atomic E-state index is 13.0. The van der Waals surface area contributed by atoms with Gasteiger partial charge in [0, 0.05) is 11.3 Å². The number of anilines is 1. The summed E-state index contributed by atoms with van der Waals surface area (Å²) in [4.78, 5) is 25.7. The number of carbonyl (C=O) groups is 2. The van der Waals surface area contributed by atoms with Gasteiger partial charge in [0.2, 0.25) is 5.91 Å². The van der Waals surface area contributed by atoms with E-state index in [2.05, 4.69) is 24.5 Å². The van der Waals surface area contributed by atoms with Crippen molar-refractivity contribution in [2.75, 3.05) is 5.32 Å². The quantitative estimate of drug-likeness (QED) is 0.541. The average molecular weight is 401 g/mol. The van der Waals surface area contributed by atoms with Gasteiger partial charge in [0.25, 0.3) is 5.91 Å². The van der Waals surface area contributed by atoms with Crippen molar-refractivity contribution in [3.63, 3.8) is 0 Å². The third-order valence-electron chi connectivity index (χ3n) is 5.12. The lowest BCUT2D eigenvalue weighted by Gasteiger charge is -2.21. The van der Waals surface area contributed by atoms with Crippen molar-refractivity contribution >= 4 is 17.5 Å². The molecule has 0 aliphatic heterocycles. The molecule has 30 heavy (non-hydrogen) atoms. The Kier molecular flexibility index (Phi) is 7.02. The summed E-state index contributed by atoms with van der Waals surface area (Å²) >= 11 is 0. The summed E-state index contributed by atoms with van der Waals surface area (Å²) in [6.45, 7) is 6.21. The lowest BCUT2D eigenvalue weighted by Crippen LogP contribution is -2.31. The predicted octanol–water partition coefficient (Wildman–Crippen LogP) is 5.62. The zero-order valence-corrected chi connectivity index (χ0v) is 17.7. The van der Waals surface area contributed by atoms with Crippen LogP contribution in [0.4, 0.5) is 5.69 Å². The summed E-state index contributed by atoms with van der Waals surface area (Å²) in [6.07, 6.45) is 0.147. The molecule has 4 heteroatoms. The molecule has 154 valence electrons. The normalized spacial score (nSPS) is 11.7. The number of nitrogens with one attached hydrogen (secondary N) is 2. The molecule has 0 heterocycles. The van der Waals surface area contributed by atoms with E-state index in [1.165, 1.54) is 0 Å². The molecule has 0 saturated carbocycles. The van der Waals surface area contributed by atoms with Crippen molar-refractivity contribution in [1.29, 1.82) is 0 Å². The molecule has 0 fully saturated rings. The molecule has 2 amide bonds. The van der Waals surface area contributed by atoms with E-state index in [9.17, 15) is 9.59 Å². The van der Waals surface area contributed by atoms with Crippen LogP contribution in [0.15, 0.2) is 78.9 Å². The van der Waals surface area contributed by atoms with E-state index in [0.29, 0.717) is 11.5 Å². The van der Waals surface area contributed by atoms with Gasteiger partial charge >= 0.3 is 0 Å². The number of para-hydroxylation sites is 1. The van der Waals surface area contributed by atoms with Crippen molar-refractivity contribution in [3.05, 3.63) is 101 Å². The Morgan fingerprint density at radius 2 is 1.47 bits per heavy atom. The molecule has 3 rings (SSSR count). The Labute approximate surface area is 178 Å². The number of rotatable bonds is 7. The van der Waals surface area contributed by atoms with Crippen LogP contribution >= 0.6 is 0 Å². The maximum atomic E-state index is 13.0. The first-order valence-corrected chi connectivity index (χ1v) is 10.3. The first kappa shape index (κ1) is 21.3. The second-order valence-electron chi connectivity index (χ2n) is 7.75. The minimum Gasteiger partial charge on any atom is -0.345 e. The summed E-state index contributed by atoms with van der Waals surface area (Å²) in [6, 6.07) is 24.3. The Morgan fingerprint density at radius 1 is 0.833 bits per heavy atom. The Balaban J connectivity index is 1.80. The maximum Gasteiger partial charge on any atom is 0.251 e. The summed E-state index contributed by atoms with van der Waals surface area (Å²) in [5, 5.41) is 6.10. The average Bonchev–Trinajstić information content (AvgIpc) is 2.75. The summed E-state index contributed by atoms with van der Waals surface area (Å²) in [5.74, 6) is -0.0349. The predicted molar refractivity (Wildman–Crippen MR) is 122 cm³/mol. The van der Waals surface area contributed by atoms with Crippen molar-refractivity contribution in [3.8, 4) is 0 Å². The van der Waals surface area contributed by atoms with Gasteiger partial charge in [0.1, 0.15) is 0 Å². The molecule has 0 aliphatic carbocycles. The molecule has 3 aromatic carbocycles. The van der Waals surface area contributed by atoms with Gasteiger partial charge in [-0.05, 0) is 41.7 Å². The van der Waals surface area contributed by atoms with Gasteiger partial charge in [-0.3, -0.25) is 9.59 Å². The van der Waals surface area contributed by atoms with Crippen molar-refractivity contribution < 1.29 is 9.59 Å². The number of hydrogen-bond donors (Lipinski definition) is 2. The largest absolute Gasteiger partial charge is 0.345 e. The fraction of sp³-hybridized carbons (Fsp3) is 0.231. The zero-order valence-electron chi connectivity index (χ0n) is 17.7. The topological polar surface area (TPSA) is 58.2 Å². The number of aryl methyl sites for hydroxylation is 1. The molecule has 2 N–H and O–H groups in total. The summed E-state index contributed by atoms with van der Waals surface area (Å²) in [5.41, 5.74) is 4.45. The van der Waals surface area contributed by atoms with Crippen LogP contribution in [-0.2, 0) is 4.79 Å². The summed E-state index contributed by atoms with van der Waals surface area (Å²) < 4.78 is 0. The van der Waals surface area contributed by atoms with Crippen LogP contribution in [0.5, 0.6) is 0 Å². The minimum atomic E-state index is -0.426. The number of carbonyl (C=O) groups excluding carboxylic acids is 2. The molecule has 1 atom stereocenters. The van der Waals surface area contributed by atoms with E-state index in [-0.39, 0.29) is 18.2 Å². The Bertz CT molecular complexity index is 998. The van der Waals surface area contributed by atoms with E-state index in [1.807, 2.05) is 73.7 Å². The lowest BCUT2D eigenvalue weighted by atomic mass is 9.97. The molecule has 0 radical (unpaired) electrons. The highest BCUT2D eigenvalue weighted by Crippen LogP contribution is 2.28. The van der Waals surface area contributed by atoms with Gasteiger partial charge in [-0.1, -0.05) is 80.6 Å². The van der Waals surface area contributed by atoms with Crippen molar-refractivity contribution in [2.24, 2.45) is 0 Å². The van der Waals surface area contributed by atoms with Crippen LogP contribution in [0.3, 0.4) is 0 Å². The standard InChI is InChI=1S/C26H28N2O2/c1-18(2)22-16-10-11-19(3)25(22)28-24(29)17-23(20-12-6-4-7-13-20)27-26(30)21-14-8-5-9-15-21/h4-16,18,23H,17H2,1-3H3,(H,27,30)(H,28,29). The molecule has 0 aromatic heterocycles. The van der Waals surface area contributed by atoms with Gasteiger partial charge in [-0.25, -0.2) is 0 Å². The number of amides is 2. The lowest BCUT2D eigenvalue weighted by molar-refractivity contribution is -0.116. The number of hydrogen-bond acceptors (Lipinski definition) is 2. The van der Waals surface area contributed by atoms with Crippen LogP contribution in [0.1, 0.15) is 59.3 Å². The SMILES string of the molecule is Cc1cccc(C(C)C)c1NC(=O)CC(NC(=O)c1ccccc1)c1ccccc1. The highest BCUT2D eigenvalue weighted by molar-refractivity contribution is 5.96. The van der Waals surface area contributed by atoms with Gasteiger partial charge in [0.15, 0.2) is 0 Å². The first-order chi connectivity index (χ1) is 14.5. The Hall–Kier alpha value is -3.40. The molecule has 1 unspecified atom stereocenters. The van der Waals surface area contributed by atoms with Crippen LogP contribution in [-0.4, -0.2) is 11.8 Å². The molecule has 0 bridgehead atoms. The third-order valence-corrected chi connectivity index (χ3v) is 5.12. The first-order valence-electron chi connectivity index (χ1n) is 10.3. The molecule has 3 aromatic rings. The van der Waals surface area contributed by atoms with Crippen molar-refractivity contribution in [1.82, 2.24) is 5.32 Å². The highest BCUT2D eigenvalue weighted by Gasteiger charge is 2.20. The van der Waals surface area contributed by atoms with Gasteiger partial charge in [0.05, 0.1) is 12.5 Å². The Morgan fingerprint density at radius 3 is 2.10 bits per heavy atom. The second-order valence-corrected chi connectivity index (χ2v) is 7.75. The van der Waals surface area contributed by atoms with E-state index < -0.39 is 6.04 Å². The molecular weight excluding hydrogens is 372 g/mol. The fourth-order valence-corrected chi connectivity index (χ4v) is 3.49. The second kappa shape index (κ2) is 9.88. The van der Waals surface area contributed by atoms with Crippen LogP contribution in [0.25, 0.3) is 0 Å². The van der Waals surface area contributed by atoms with Gasteiger partial charge < -0.3 is 10.6 Å². The molecule has 0 spiro atoms. The molecule has 0 aliphatic rings. The van der Waals surface area contributed by atoms with Crippen molar-refractivity contribution in [2.45, 2.75) is 39.2 Å². The smallest absolute Gasteiger partial charge is 0.251 e. The van der Waals surface area contributed by atoms with E-state index in [4.69, 9.17) is 0 Å². The molecule has 0 saturated heterocycles. The van der Waals surface area contributed by atoms with E-state index in [1.54, 1.807) is 12.1 Å². The van der Waals surface area contributed by atoms with E-state index >= 15 is 0 Å². The van der Waals surface area contributed by atoms with Crippen LogP contribution in [0.2, 0.25) is 0 Å². The minimum absolute atomic E-state index is 0.131. The van der Waals surface area contributed by atoms with Crippen LogP contribution in [0, 0.1) is 6.92 Å². The summed E-state index contributed by atoms with van der Waals surface area (Å²) in [7, 11) is 0. The van der Waals surface area contributed by atoms with Crippen LogP contribution < -0.4 is 10.6 Å². The zero-order chi connectivity index (χ0) is 21.5. The van der Waals surface area contributed by atoms with Gasteiger partial charge in [-0.15, -0.1) is 0 Å². The third kappa shape index (κ3) is 5.35. The number of benzene rings is 3.